The minimum absolute atomic E-state index is 0.180. The van der Waals surface area contributed by atoms with Crippen LogP contribution >= 0.6 is 11.3 Å². The molecule has 176 valence electrons. The third-order valence-corrected chi connectivity index (χ3v) is 5.76. The number of ether oxygens (including phenoxy) is 1. The molecule has 5 nitrogen and oxygen atoms in total. The van der Waals surface area contributed by atoms with E-state index in [4.69, 9.17) is 4.74 Å². The summed E-state index contributed by atoms with van der Waals surface area (Å²) in [4.78, 5) is 12.9. The lowest BCUT2D eigenvalue weighted by Gasteiger charge is -2.08. The second kappa shape index (κ2) is 9.64. The second-order valence-electron chi connectivity index (χ2n) is 7.35. The first-order valence-electron chi connectivity index (χ1n) is 9.84. The number of benzene rings is 2. The van der Waals surface area contributed by atoms with Crippen molar-refractivity contribution in [3.05, 3.63) is 98.8 Å². The number of rotatable bonds is 7. The van der Waals surface area contributed by atoms with Crippen LogP contribution in [-0.2, 0) is 13.2 Å². The molecule has 1 N–H and O–H groups in total. The summed E-state index contributed by atoms with van der Waals surface area (Å²) in [5.74, 6) is -9.91. The van der Waals surface area contributed by atoms with Gasteiger partial charge >= 0.3 is 0 Å². The maximum atomic E-state index is 13.9. The van der Waals surface area contributed by atoms with Crippen molar-refractivity contribution in [1.29, 1.82) is 0 Å². The Balaban J connectivity index is 1.40. The van der Waals surface area contributed by atoms with Crippen LogP contribution in [0.2, 0.25) is 0 Å². The molecular weight excluding hydrogens is 477 g/mol. The molecule has 2 aromatic heterocycles. The maximum absolute atomic E-state index is 13.9. The number of aryl methyl sites for hydroxylation is 1. The number of carbonyl (C=O) groups excluding carboxylic acids is 1. The van der Waals surface area contributed by atoms with Gasteiger partial charge in [0, 0.05) is 11.8 Å². The average molecular weight is 493 g/mol. The standard InChI is InChI=1S/C23H16F5N3O2S/c1-12-3-2-4-15(5-12)33-10-13-6-17(34-11-13)23(32)30-14-7-29-31(8-14)9-16-18(24)20(26)22(28)21(27)19(16)25/h2-8,11H,9-10H2,1H3,(H,30,32). The number of amides is 1. The molecule has 2 aromatic carbocycles. The molecule has 11 heteroatoms. The highest BCUT2D eigenvalue weighted by atomic mass is 32.1. The quantitative estimate of drug-likeness (QED) is 0.200. The molecule has 0 spiro atoms. The summed E-state index contributed by atoms with van der Waals surface area (Å²) >= 11 is 1.20. The highest BCUT2D eigenvalue weighted by Gasteiger charge is 2.26. The third kappa shape index (κ3) is 4.93. The number of hydrogen-bond donors (Lipinski definition) is 1. The van der Waals surface area contributed by atoms with Crippen LogP contribution < -0.4 is 10.1 Å². The van der Waals surface area contributed by atoms with Crippen LogP contribution in [0.4, 0.5) is 27.6 Å². The molecule has 0 fully saturated rings. The van der Waals surface area contributed by atoms with Gasteiger partial charge in [0.15, 0.2) is 23.3 Å². The average Bonchev–Trinajstić information content (AvgIpc) is 3.47. The number of nitrogens with zero attached hydrogens (tertiary/aromatic N) is 2. The van der Waals surface area contributed by atoms with E-state index in [0.717, 1.165) is 15.8 Å². The lowest BCUT2D eigenvalue weighted by atomic mass is 10.1. The molecule has 2 heterocycles. The van der Waals surface area contributed by atoms with Crippen molar-refractivity contribution in [1.82, 2.24) is 9.78 Å². The van der Waals surface area contributed by atoms with Crippen LogP contribution in [-0.4, -0.2) is 15.7 Å². The SMILES string of the molecule is Cc1cccc(OCc2csc(C(=O)Nc3cnn(Cc4c(F)c(F)c(F)c(F)c4F)c3)c2)c1. The number of halogens is 5. The van der Waals surface area contributed by atoms with Gasteiger partial charge in [-0.05, 0) is 36.1 Å². The second-order valence-corrected chi connectivity index (χ2v) is 8.26. The molecule has 0 aliphatic rings. The number of thiophene rings is 1. The molecule has 0 aliphatic carbocycles. The van der Waals surface area contributed by atoms with Gasteiger partial charge in [-0.2, -0.15) is 5.10 Å². The van der Waals surface area contributed by atoms with E-state index in [1.54, 1.807) is 11.4 Å². The molecule has 0 saturated heterocycles. The number of anilines is 1. The van der Waals surface area contributed by atoms with Crippen molar-refractivity contribution in [2.24, 2.45) is 0 Å². The fraction of sp³-hybridized carbons (Fsp3) is 0.130. The molecule has 0 aliphatic heterocycles. The summed E-state index contributed by atoms with van der Waals surface area (Å²) < 4.78 is 74.4. The first kappa shape index (κ1) is 23.4. The molecule has 0 radical (unpaired) electrons. The topological polar surface area (TPSA) is 56.1 Å². The molecule has 0 bridgehead atoms. The molecule has 4 rings (SSSR count). The highest BCUT2D eigenvalue weighted by molar-refractivity contribution is 7.12. The highest BCUT2D eigenvalue weighted by Crippen LogP contribution is 2.24. The molecular formula is C23H16F5N3O2S. The van der Waals surface area contributed by atoms with Gasteiger partial charge in [0.05, 0.1) is 28.9 Å². The number of nitrogens with one attached hydrogen (secondary N) is 1. The lowest BCUT2D eigenvalue weighted by molar-refractivity contribution is 0.103. The van der Waals surface area contributed by atoms with E-state index in [9.17, 15) is 26.7 Å². The van der Waals surface area contributed by atoms with Crippen LogP contribution in [0.3, 0.4) is 0 Å². The zero-order chi connectivity index (χ0) is 24.4. The molecule has 1 amide bonds. The van der Waals surface area contributed by atoms with Crippen LogP contribution in [0, 0.1) is 36.0 Å². The Morgan fingerprint density at radius 1 is 1.06 bits per heavy atom. The largest absolute Gasteiger partial charge is 0.489 e. The minimum Gasteiger partial charge on any atom is -0.489 e. The Morgan fingerprint density at radius 2 is 1.76 bits per heavy atom. The van der Waals surface area contributed by atoms with Crippen molar-refractivity contribution >= 4 is 22.9 Å². The summed E-state index contributed by atoms with van der Waals surface area (Å²) in [7, 11) is 0. The molecule has 0 atom stereocenters. The van der Waals surface area contributed by atoms with E-state index in [0.29, 0.717) is 10.6 Å². The zero-order valence-corrected chi connectivity index (χ0v) is 18.4. The summed E-state index contributed by atoms with van der Waals surface area (Å²) in [6.07, 6.45) is 2.41. The first-order chi connectivity index (χ1) is 16.2. The Kier molecular flexibility index (Phi) is 6.64. The summed E-state index contributed by atoms with van der Waals surface area (Å²) in [5, 5.41) is 8.16. The van der Waals surface area contributed by atoms with Gasteiger partial charge in [-0.1, -0.05) is 12.1 Å². The van der Waals surface area contributed by atoms with E-state index < -0.39 is 47.1 Å². The molecule has 34 heavy (non-hydrogen) atoms. The number of aromatic nitrogens is 2. The summed E-state index contributed by atoms with van der Waals surface area (Å²) in [5.41, 5.74) is 0.996. The predicted octanol–water partition coefficient (Wildman–Crippen LogP) is 5.83. The fourth-order valence-electron chi connectivity index (χ4n) is 3.10. The maximum Gasteiger partial charge on any atom is 0.265 e. The van der Waals surface area contributed by atoms with Crippen molar-refractivity contribution < 1.29 is 31.5 Å². The van der Waals surface area contributed by atoms with E-state index in [1.807, 2.05) is 31.2 Å². The number of carbonyl (C=O) groups is 1. The first-order valence-corrected chi connectivity index (χ1v) is 10.7. The van der Waals surface area contributed by atoms with Crippen molar-refractivity contribution in [2.45, 2.75) is 20.1 Å². The zero-order valence-electron chi connectivity index (χ0n) is 17.5. The Bertz CT molecular complexity index is 1340. The van der Waals surface area contributed by atoms with Gasteiger partial charge < -0.3 is 10.1 Å². The van der Waals surface area contributed by atoms with Crippen LogP contribution in [0.25, 0.3) is 0 Å². The van der Waals surface area contributed by atoms with Crippen LogP contribution in [0.1, 0.15) is 26.4 Å². The van der Waals surface area contributed by atoms with E-state index in [1.165, 1.54) is 23.7 Å². The normalized spacial score (nSPS) is 11.0. The predicted molar refractivity (Wildman–Crippen MR) is 115 cm³/mol. The molecule has 0 unspecified atom stereocenters. The minimum atomic E-state index is -2.23. The molecule has 0 saturated carbocycles. The van der Waals surface area contributed by atoms with E-state index >= 15 is 0 Å². The van der Waals surface area contributed by atoms with Gasteiger partial charge in [0.1, 0.15) is 12.4 Å². The van der Waals surface area contributed by atoms with E-state index in [2.05, 4.69) is 10.4 Å². The van der Waals surface area contributed by atoms with Gasteiger partial charge in [-0.25, -0.2) is 22.0 Å². The smallest absolute Gasteiger partial charge is 0.265 e. The van der Waals surface area contributed by atoms with Crippen molar-refractivity contribution in [3.8, 4) is 5.75 Å². The Hall–Kier alpha value is -3.73. The van der Waals surface area contributed by atoms with Gasteiger partial charge in [0.25, 0.3) is 5.91 Å². The monoisotopic (exact) mass is 493 g/mol. The van der Waals surface area contributed by atoms with E-state index in [-0.39, 0.29) is 12.3 Å². The lowest BCUT2D eigenvalue weighted by Crippen LogP contribution is -2.12. The van der Waals surface area contributed by atoms with Crippen molar-refractivity contribution in [3.63, 3.8) is 0 Å². The van der Waals surface area contributed by atoms with Gasteiger partial charge in [-0.15, -0.1) is 11.3 Å². The summed E-state index contributed by atoms with van der Waals surface area (Å²) in [6.45, 7) is 1.50. The fourth-order valence-corrected chi connectivity index (χ4v) is 3.89. The number of hydrogen-bond acceptors (Lipinski definition) is 4. The molecule has 4 aromatic rings. The van der Waals surface area contributed by atoms with Crippen LogP contribution in [0.15, 0.2) is 48.1 Å². The third-order valence-electron chi connectivity index (χ3n) is 4.78. The van der Waals surface area contributed by atoms with Gasteiger partial charge in [0.2, 0.25) is 5.82 Å². The summed E-state index contributed by atoms with van der Waals surface area (Å²) in [6, 6.07) is 9.21. The van der Waals surface area contributed by atoms with Gasteiger partial charge in [-0.3, -0.25) is 9.48 Å². The Morgan fingerprint density at radius 3 is 2.47 bits per heavy atom. The van der Waals surface area contributed by atoms with Crippen molar-refractivity contribution in [2.75, 3.05) is 5.32 Å². The van der Waals surface area contributed by atoms with Crippen LogP contribution in [0.5, 0.6) is 5.75 Å². The Labute approximate surface area is 194 Å².